The van der Waals surface area contributed by atoms with Crippen molar-refractivity contribution in [3.8, 4) is 0 Å². The standard InChI is InChI=1S/C12H22N6O3/c1-3-4-9(5-6-19)7-14-11-10(18(20)21)8(2)15-12(16-11)17-13/h9,19H,3-7,13H2,1-2H3,(H2,14,15,16,17). The van der Waals surface area contributed by atoms with Gasteiger partial charge in [-0.15, -0.1) is 0 Å². The lowest BCUT2D eigenvalue weighted by molar-refractivity contribution is -0.385. The van der Waals surface area contributed by atoms with Crippen LogP contribution in [0, 0.1) is 23.0 Å². The Labute approximate surface area is 123 Å². The third kappa shape index (κ3) is 4.80. The highest BCUT2D eigenvalue weighted by atomic mass is 16.6. The smallest absolute Gasteiger partial charge is 0.332 e. The summed E-state index contributed by atoms with van der Waals surface area (Å²) < 4.78 is 0. The van der Waals surface area contributed by atoms with E-state index in [2.05, 4.69) is 27.6 Å². The van der Waals surface area contributed by atoms with Crippen molar-refractivity contribution in [2.24, 2.45) is 11.8 Å². The topological polar surface area (TPSA) is 139 Å². The number of anilines is 2. The summed E-state index contributed by atoms with van der Waals surface area (Å²) in [5.74, 6) is 5.74. The maximum absolute atomic E-state index is 11.1. The first-order valence-electron chi connectivity index (χ1n) is 6.87. The molecule has 21 heavy (non-hydrogen) atoms. The van der Waals surface area contributed by atoms with Gasteiger partial charge in [-0.1, -0.05) is 13.3 Å². The van der Waals surface area contributed by atoms with Crippen LogP contribution in [0.5, 0.6) is 0 Å². The maximum atomic E-state index is 11.1. The zero-order chi connectivity index (χ0) is 15.8. The number of rotatable bonds is 9. The molecule has 0 aliphatic carbocycles. The Morgan fingerprint density at radius 3 is 2.67 bits per heavy atom. The molecule has 9 heteroatoms. The number of nitrogens with one attached hydrogen (secondary N) is 2. The SMILES string of the molecule is CCCC(CCO)CNc1nc(NN)nc(C)c1[N+](=O)[O-]. The minimum atomic E-state index is -0.515. The van der Waals surface area contributed by atoms with Crippen LogP contribution in [-0.4, -0.2) is 33.1 Å². The van der Waals surface area contributed by atoms with Crippen molar-refractivity contribution in [2.45, 2.75) is 33.1 Å². The molecule has 1 aromatic rings. The first-order valence-corrected chi connectivity index (χ1v) is 6.87. The van der Waals surface area contributed by atoms with E-state index in [0.29, 0.717) is 13.0 Å². The van der Waals surface area contributed by atoms with Gasteiger partial charge in [0, 0.05) is 13.2 Å². The normalized spacial score (nSPS) is 12.0. The highest BCUT2D eigenvalue weighted by molar-refractivity contribution is 5.60. The van der Waals surface area contributed by atoms with E-state index in [1.165, 1.54) is 6.92 Å². The van der Waals surface area contributed by atoms with E-state index in [1.54, 1.807) is 0 Å². The van der Waals surface area contributed by atoms with Crippen LogP contribution in [0.2, 0.25) is 0 Å². The van der Waals surface area contributed by atoms with Crippen molar-refractivity contribution in [3.63, 3.8) is 0 Å². The van der Waals surface area contributed by atoms with Gasteiger partial charge in [0.2, 0.25) is 11.8 Å². The second-order valence-corrected chi connectivity index (χ2v) is 4.78. The lowest BCUT2D eigenvalue weighted by Crippen LogP contribution is -2.19. The van der Waals surface area contributed by atoms with E-state index >= 15 is 0 Å². The van der Waals surface area contributed by atoms with Gasteiger partial charge in [0.1, 0.15) is 5.69 Å². The van der Waals surface area contributed by atoms with E-state index in [9.17, 15) is 10.1 Å². The molecular weight excluding hydrogens is 276 g/mol. The van der Waals surface area contributed by atoms with Crippen molar-refractivity contribution in [3.05, 3.63) is 15.8 Å². The monoisotopic (exact) mass is 298 g/mol. The number of nitrogens with two attached hydrogens (primary N) is 1. The molecule has 0 saturated carbocycles. The number of aliphatic hydroxyl groups is 1. The molecule has 5 N–H and O–H groups in total. The summed E-state index contributed by atoms with van der Waals surface area (Å²) in [7, 11) is 0. The lowest BCUT2D eigenvalue weighted by Gasteiger charge is -2.16. The molecule has 1 unspecified atom stereocenters. The average Bonchev–Trinajstić information content (AvgIpc) is 2.44. The van der Waals surface area contributed by atoms with Gasteiger partial charge in [0.05, 0.1) is 4.92 Å². The number of aliphatic hydroxyl groups excluding tert-OH is 1. The van der Waals surface area contributed by atoms with Gasteiger partial charge in [-0.05, 0) is 25.7 Å². The number of nitrogens with zero attached hydrogens (tertiary/aromatic N) is 3. The third-order valence-electron chi connectivity index (χ3n) is 3.16. The molecule has 1 aromatic heterocycles. The fourth-order valence-corrected chi connectivity index (χ4v) is 2.15. The molecule has 0 fully saturated rings. The van der Waals surface area contributed by atoms with Crippen LogP contribution >= 0.6 is 0 Å². The van der Waals surface area contributed by atoms with Gasteiger partial charge in [0.25, 0.3) is 0 Å². The lowest BCUT2D eigenvalue weighted by atomic mass is 10.0. The molecule has 9 nitrogen and oxygen atoms in total. The molecule has 1 heterocycles. The highest BCUT2D eigenvalue weighted by Gasteiger charge is 2.22. The van der Waals surface area contributed by atoms with Crippen LogP contribution in [-0.2, 0) is 0 Å². The first kappa shape index (κ1) is 17.1. The summed E-state index contributed by atoms with van der Waals surface area (Å²) in [6.07, 6.45) is 2.54. The molecule has 0 spiro atoms. The Morgan fingerprint density at radius 1 is 1.43 bits per heavy atom. The maximum Gasteiger partial charge on any atom is 0.332 e. The minimum absolute atomic E-state index is 0.0901. The molecule has 118 valence electrons. The Hall–Kier alpha value is -2.00. The number of nitro groups is 1. The van der Waals surface area contributed by atoms with Gasteiger partial charge in [-0.3, -0.25) is 15.5 Å². The first-order chi connectivity index (χ1) is 10.0. The summed E-state index contributed by atoms with van der Waals surface area (Å²) in [6, 6.07) is 0. The van der Waals surface area contributed by atoms with Crippen molar-refractivity contribution >= 4 is 17.5 Å². The van der Waals surface area contributed by atoms with E-state index in [1.807, 2.05) is 0 Å². The minimum Gasteiger partial charge on any atom is -0.396 e. The second-order valence-electron chi connectivity index (χ2n) is 4.78. The van der Waals surface area contributed by atoms with Gasteiger partial charge >= 0.3 is 5.69 Å². The van der Waals surface area contributed by atoms with Crippen LogP contribution in [0.15, 0.2) is 0 Å². The number of hydrazine groups is 1. The number of hydrogen-bond donors (Lipinski definition) is 4. The van der Waals surface area contributed by atoms with Crippen LogP contribution in [0.3, 0.4) is 0 Å². The van der Waals surface area contributed by atoms with Crippen LogP contribution in [0.4, 0.5) is 17.5 Å². The van der Waals surface area contributed by atoms with Crippen LogP contribution in [0.1, 0.15) is 31.9 Å². The van der Waals surface area contributed by atoms with E-state index in [0.717, 1.165) is 12.8 Å². The predicted octanol–water partition coefficient (Wildman–Crippen LogP) is 1.19. The number of aryl methyl sites for hydroxylation is 1. The Balaban J connectivity index is 2.94. The van der Waals surface area contributed by atoms with Gasteiger partial charge in [-0.2, -0.15) is 4.98 Å². The molecule has 0 bridgehead atoms. The van der Waals surface area contributed by atoms with Crippen molar-refractivity contribution in [1.29, 1.82) is 0 Å². The molecular formula is C12H22N6O3. The molecule has 0 aromatic carbocycles. The van der Waals surface area contributed by atoms with Crippen LogP contribution in [0.25, 0.3) is 0 Å². The van der Waals surface area contributed by atoms with Crippen molar-refractivity contribution in [2.75, 3.05) is 23.9 Å². The molecule has 0 saturated heterocycles. The fourth-order valence-electron chi connectivity index (χ4n) is 2.15. The number of hydrogen-bond acceptors (Lipinski definition) is 8. The predicted molar refractivity (Wildman–Crippen MR) is 79.8 cm³/mol. The van der Waals surface area contributed by atoms with Crippen LogP contribution < -0.4 is 16.6 Å². The quantitative estimate of drug-likeness (QED) is 0.303. The summed E-state index contributed by atoms with van der Waals surface area (Å²) in [5.41, 5.74) is 2.36. The molecule has 0 amide bonds. The Morgan fingerprint density at radius 2 is 2.14 bits per heavy atom. The van der Waals surface area contributed by atoms with Gasteiger partial charge in [-0.25, -0.2) is 10.8 Å². The Bertz CT molecular complexity index is 476. The average molecular weight is 298 g/mol. The zero-order valence-corrected chi connectivity index (χ0v) is 12.3. The zero-order valence-electron chi connectivity index (χ0n) is 12.3. The third-order valence-corrected chi connectivity index (χ3v) is 3.16. The summed E-state index contributed by atoms with van der Waals surface area (Å²) in [6.45, 7) is 4.17. The van der Waals surface area contributed by atoms with Crippen molar-refractivity contribution in [1.82, 2.24) is 9.97 Å². The molecule has 0 aliphatic heterocycles. The van der Waals surface area contributed by atoms with Gasteiger partial charge < -0.3 is 10.4 Å². The molecule has 0 aliphatic rings. The number of nitrogen functional groups attached to an aromatic ring is 1. The van der Waals surface area contributed by atoms with E-state index in [-0.39, 0.29) is 35.7 Å². The van der Waals surface area contributed by atoms with Gasteiger partial charge in [0.15, 0.2) is 0 Å². The molecule has 1 rings (SSSR count). The number of aromatic nitrogens is 2. The largest absolute Gasteiger partial charge is 0.396 e. The fraction of sp³-hybridized carbons (Fsp3) is 0.667. The molecule has 1 atom stereocenters. The van der Waals surface area contributed by atoms with E-state index < -0.39 is 4.92 Å². The summed E-state index contributed by atoms with van der Waals surface area (Å²) in [4.78, 5) is 18.5. The highest BCUT2D eigenvalue weighted by Crippen LogP contribution is 2.27. The van der Waals surface area contributed by atoms with Crippen molar-refractivity contribution < 1.29 is 10.0 Å². The summed E-state index contributed by atoms with van der Waals surface area (Å²) in [5, 5.41) is 23.2. The van der Waals surface area contributed by atoms with E-state index in [4.69, 9.17) is 10.9 Å². The second kappa shape index (κ2) is 8.32. The summed E-state index contributed by atoms with van der Waals surface area (Å²) >= 11 is 0. The Kier molecular flexibility index (Phi) is 6.76. The molecule has 0 radical (unpaired) electrons.